The lowest BCUT2D eigenvalue weighted by molar-refractivity contribution is -0.135. The summed E-state index contributed by atoms with van der Waals surface area (Å²) in [5, 5.41) is 0. The molecule has 6 heteroatoms. The molecule has 0 bridgehead atoms. The van der Waals surface area contributed by atoms with Crippen LogP contribution < -0.4 is 10.5 Å². The van der Waals surface area contributed by atoms with Crippen molar-refractivity contribution in [3.63, 3.8) is 0 Å². The van der Waals surface area contributed by atoms with E-state index in [0.717, 1.165) is 0 Å². The monoisotopic (exact) mass is 201 g/mol. The third-order valence-corrected chi connectivity index (χ3v) is 1.99. The van der Waals surface area contributed by atoms with Crippen LogP contribution in [0.1, 0.15) is 12.8 Å². The summed E-state index contributed by atoms with van der Waals surface area (Å²) in [4.78, 5) is 7.40. The third-order valence-electron chi connectivity index (χ3n) is 1.99. The lowest BCUT2D eigenvalue weighted by atomic mass is 9.91. The number of ether oxygens (including phenoxy) is 1. The first kappa shape index (κ1) is 9.11. The molecular formula is C8H9F2N3O. The molecule has 0 amide bonds. The zero-order valence-corrected chi connectivity index (χ0v) is 7.28. The van der Waals surface area contributed by atoms with Gasteiger partial charge in [-0.15, -0.1) is 0 Å². The summed E-state index contributed by atoms with van der Waals surface area (Å²) in [6.07, 6.45) is 0.460. The zero-order chi connectivity index (χ0) is 10.2. The summed E-state index contributed by atoms with van der Waals surface area (Å²) in [7, 11) is 0. The van der Waals surface area contributed by atoms with Crippen molar-refractivity contribution in [3.05, 3.63) is 12.3 Å². The Hall–Kier alpha value is -1.46. The van der Waals surface area contributed by atoms with Gasteiger partial charge in [0, 0.05) is 25.1 Å². The molecule has 1 aliphatic rings. The predicted octanol–water partition coefficient (Wildman–Crippen LogP) is 1.24. The van der Waals surface area contributed by atoms with Crippen LogP contribution in [-0.2, 0) is 0 Å². The van der Waals surface area contributed by atoms with Crippen molar-refractivity contribution in [1.29, 1.82) is 0 Å². The van der Waals surface area contributed by atoms with E-state index in [4.69, 9.17) is 10.5 Å². The lowest BCUT2D eigenvalue weighted by Crippen LogP contribution is -2.43. The van der Waals surface area contributed by atoms with Gasteiger partial charge < -0.3 is 10.5 Å². The molecule has 0 spiro atoms. The third kappa shape index (κ3) is 1.89. The molecule has 0 unspecified atom stereocenters. The van der Waals surface area contributed by atoms with Gasteiger partial charge in [0.1, 0.15) is 6.10 Å². The molecule has 0 radical (unpaired) electrons. The highest BCUT2D eigenvalue weighted by molar-refractivity contribution is 5.21. The van der Waals surface area contributed by atoms with Crippen LogP contribution >= 0.6 is 0 Å². The average molecular weight is 201 g/mol. The van der Waals surface area contributed by atoms with Gasteiger partial charge in [-0.2, -0.15) is 4.98 Å². The Morgan fingerprint density at radius 3 is 2.79 bits per heavy atom. The van der Waals surface area contributed by atoms with Crippen molar-refractivity contribution in [2.24, 2.45) is 0 Å². The van der Waals surface area contributed by atoms with E-state index in [0.29, 0.717) is 0 Å². The highest BCUT2D eigenvalue weighted by atomic mass is 19.3. The first-order valence-electron chi connectivity index (χ1n) is 4.18. The molecule has 1 aliphatic carbocycles. The maximum Gasteiger partial charge on any atom is 0.255 e. The Morgan fingerprint density at radius 1 is 1.50 bits per heavy atom. The second-order valence-corrected chi connectivity index (χ2v) is 3.26. The van der Waals surface area contributed by atoms with E-state index in [9.17, 15) is 8.78 Å². The molecular weight excluding hydrogens is 192 g/mol. The maximum atomic E-state index is 12.4. The van der Waals surface area contributed by atoms with E-state index in [1.807, 2.05) is 0 Å². The fourth-order valence-electron chi connectivity index (χ4n) is 1.28. The van der Waals surface area contributed by atoms with Gasteiger partial charge in [-0.25, -0.2) is 13.8 Å². The van der Waals surface area contributed by atoms with Gasteiger partial charge in [0.25, 0.3) is 5.92 Å². The number of hydrogen-bond donors (Lipinski definition) is 1. The van der Waals surface area contributed by atoms with Crippen LogP contribution in [0.4, 0.5) is 14.7 Å². The van der Waals surface area contributed by atoms with Crippen LogP contribution in [0.5, 0.6) is 5.88 Å². The van der Waals surface area contributed by atoms with Crippen LogP contribution in [-0.4, -0.2) is 22.0 Å². The molecule has 0 aromatic carbocycles. The van der Waals surface area contributed by atoms with Crippen molar-refractivity contribution in [1.82, 2.24) is 9.97 Å². The van der Waals surface area contributed by atoms with E-state index in [1.54, 1.807) is 0 Å². The lowest BCUT2D eigenvalue weighted by Gasteiger charge is -2.34. The normalized spacial score (nSPS) is 20.1. The standard InChI is InChI=1S/C8H9F2N3O/c9-8(10)3-5(4-8)14-6-1-2-12-7(11)13-6/h1-2,5H,3-4H2,(H2,11,12,13). The van der Waals surface area contributed by atoms with Gasteiger partial charge in [0.2, 0.25) is 11.8 Å². The molecule has 76 valence electrons. The molecule has 0 aliphatic heterocycles. The summed E-state index contributed by atoms with van der Waals surface area (Å²) in [6.45, 7) is 0. The molecule has 1 heterocycles. The SMILES string of the molecule is Nc1nccc(OC2CC(F)(F)C2)n1. The fraction of sp³-hybridized carbons (Fsp3) is 0.500. The predicted molar refractivity (Wildman–Crippen MR) is 45.0 cm³/mol. The Labute approximate surface area is 79.1 Å². The van der Waals surface area contributed by atoms with E-state index < -0.39 is 12.0 Å². The molecule has 1 fully saturated rings. The van der Waals surface area contributed by atoms with Gasteiger partial charge in [0.05, 0.1) is 0 Å². The molecule has 0 atom stereocenters. The number of aromatic nitrogens is 2. The van der Waals surface area contributed by atoms with Crippen molar-refractivity contribution < 1.29 is 13.5 Å². The number of halogens is 2. The van der Waals surface area contributed by atoms with Crippen LogP contribution in [0.3, 0.4) is 0 Å². The highest BCUT2D eigenvalue weighted by Gasteiger charge is 2.47. The molecule has 14 heavy (non-hydrogen) atoms. The average Bonchev–Trinajstić information content (AvgIpc) is 2.00. The van der Waals surface area contributed by atoms with Gasteiger partial charge in [0.15, 0.2) is 0 Å². The Balaban J connectivity index is 1.93. The number of anilines is 1. The largest absolute Gasteiger partial charge is 0.474 e. The molecule has 2 rings (SSSR count). The number of nitrogen functional groups attached to an aromatic ring is 1. The summed E-state index contributed by atoms with van der Waals surface area (Å²) >= 11 is 0. The fourth-order valence-corrected chi connectivity index (χ4v) is 1.28. The van der Waals surface area contributed by atoms with Gasteiger partial charge >= 0.3 is 0 Å². The molecule has 4 nitrogen and oxygen atoms in total. The van der Waals surface area contributed by atoms with Crippen LogP contribution in [0.2, 0.25) is 0 Å². The summed E-state index contributed by atoms with van der Waals surface area (Å²) < 4.78 is 30.0. The van der Waals surface area contributed by atoms with E-state index in [-0.39, 0.29) is 24.7 Å². The summed E-state index contributed by atoms with van der Waals surface area (Å²) in [6, 6.07) is 1.49. The van der Waals surface area contributed by atoms with Gasteiger partial charge in [-0.05, 0) is 0 Å². The Bertz CT molecular complexity index is 337. The molecule has 1 aromatic rings. The topological polar surface area (TPSA) is 61.0 Å². The van der Waals surface area contributed by atoms with E-state index in [1.165, 1.54) is 12.3 Å². The van der Waals surface area contributed by atoms with Crippen molar-refractivity contribution in [2.45, 2.75) is 24.9 Å². The van der Waals surface area contributed by atoms with Gasteiger partial charge in [-0.1, -0.05) is 0 Å². The van der Waals surface area contributed by atoms with E-state index >= 15 is 0 Å². The van der Waals surface area contributed by atoms with Crippen LogP contribution in [0, 0.1) is 0 Å². The van der Waals surface area contributed by atoms with Crippen molar-refractivity contribution in [3.8, 4) is 5.88 Å². The van der Waals surface area contributed by atoms with E-state index in [2.05, 4.69) is 9.97 Å². The zero-order valence-electron chi connectivity index (χ0n) is 7.28. The number of rotatable bonds is 2. The molecule has 2 N–H and O–H groups in total. The van der Waals surface area contributed by atoms with Crippen molar-refractivity contribution >= 4 is 5.95 Å². The smallest absolute Gasteiger partial charge is 0.255 e. The van der Waals surface area contributed by atoms with Crippen LogP contribution in [0.15, 0.2) is 12.3 Å². The van der Waals surface area contributed by atoms with Crippen molar-refractivity contribution in [2.75, 3.05) is 5.73 Å². The quantitative estimate of drug-likeness (QED) is 0.781. The molecule has 1 saturated carbocycles. The minimum absolute atomic E-state index is 0.0774. The number of hydrogen-bond acceptors (Lipinski definition) is 4. The minimum atomic E-state index is -2.58. The van der Waals surface area contributed by atoms with Crippen LogP contribution in [0.25, 0.3) is 0 Å². The minimum Gasteiger partial charge on any atom is -0.474 e. The Morgan fingerprint density at radius 2 is 2.21 bits per heavy atom. The van der Waals surface area contributed by atoms with Gasteiger partial charge in [-0.3, -0.25) is 0 Å². The number of nitrogens with two attached hydrogens (primary N) is 1. The Kier molecular flexibility index (Phi) is 1.98. The second-order valence-electron chi connectivity index (χ2n) is 3.26. The first-order chi connectivity index (χ1) is 6.55. The molecule has 0 saturated heterocycles. The highest BCUT2D eigenvalue weighted by Crippen LogP contribution is 2.39. The maximum absolute atomic E-state index is 12.4. The first-order valence-corrected chi connectivity index (χ1v) is 4.18. The number of alkyl halides is 2. The summed E-state index contributed by atoms with van der Waals surface area (Å²) in [5.74, 6) is -2.25. The summed E-state index contributed by atoms with van der Waals surface area (Å²) in [5.41, 5.74) is 5.30. The second kappa shape index (κ2) is 3.04. The number of nitrogens with zero attached hydrogens (tertiary/aromatic N) is 2. The molecule has 1 aromatic heterocycles.